The predicted molar refractivity (Wildman–Crippen MR) is 78.4 cm³/mol. The molecule has 0 bridgehead atoms. The number of nitrogens with one attached hydrogen (secondary N) is 1. The maximum Gasteiger partial charge on any atom is 0.236 e. The lowest BCUT2D eigenvalue weighted by atomic mass is 10.2. The van der Waals surface area contributed by atoms with E-state index in [-0.39, 0.29) is 6.04 Å². The van der Waals surface area contributed by atoms with Gasteiger partial charge in [-0.2, -0.15) is 4.31 Å². The molecule has 6 heteroatoms. The molecule has 0 amide bonds. The lowest BCUT2D eigenvalue weighted by Gasteiger charge is -2.35. The second-order valence-electron chi connectivity index (χ2n) is 4.41. The number of benzene rings is 1. The van der Waals surface area contributed by atoms with E-state index in [9.17, 15) is 8.42 Å². The lowest BCUT2D eigenvalue weighted by Crippen LogP contribution is -2.58. The summed E-state index contributed by atoms with van der Waals surface area (Å²) >= 11 is 5.79. The minimum Gasteiger partial charge on any atom is -0.313 e. The summed E-state index contributed by atoms with van der Waals surface area (Å²) < 4.78 is 26.0. The first-order chi connectivity index (χ1) is 9.03. The van der Waals surface area contributed by atoms with Gasteiger partial charge in [0.15, 0.2) is 0 Å². The van der Waals surface area contributed by atoms with Crippen molar-refractivity contribution in [3.05, 3.63) is 40.3 Å². The van der Waals surface area contributed by atoms with E-state index in [1.165, 1.54) is 9.71 Å². The summed E-state index contributed by atoms with van der Waals surface area (Å²) in [6, 6.07) is 7.12. The molecule has 0 saturated carbocycles. The first kappa shape index (κ1) is 14.5. The van der Waals surface area contributed by atoms with Gasteiger partial charge in [-0.3, -0.25) is 0 Å². The highest BCUT2D eigenvalue weighted by Crippen LogP contribution is 2.15. The minimum atomic E-state index is -3.36. The van der Waals surface area contributed by atoms with Crippen LogP contribution in [0.15, 0.2) is 29.7 Å². The zero-order valence-corrected chi connectivity index (χ0v) is 12.3. The second-order valence-corrected chi connectivity index (χ2v) is 6.62. The molecule has 0 radical (unpaired) electrons. The van der Waals surface area contributed by atoms with Crippen LogP contribution in [0, 0.1) is 0 Å². The zero-order valence-electron chi connectivity index (χ0n) is 10.7. The van der Waals surface area contributed by atoms with E-state index in [2.05, 4.69) is 5.32 Å². The van der Waals surface area contributed by atoms with Crippen LogP contribution >= 0.6 is 11.6 Å². The highest BCUT2D eigenvalue weighted by molar-refractivity contribution is 7.92. The standard InChI is InChI=1S/C13H17ClN2O2S/c1-2-16(13-9-15-10-13)19(17,18)8-7-11-3-5-12(14)6-4-11/h3-8,13,15H,2,9-10H2,1H3. The van der Waals surface area contributed by atoms with Crippen LogP contribution in [0.4, 0.5) is 0 Å². The Bertz CT molecular complexity index is 551. The Hall–Kier alpha value is -0.880. The summed E-state index contributed by atoms with van der Waals surface area (Å²) in [5, 5.41) is 4.98. The summed E-state index contributed by atoms with van der Waals surface area (Å²) in [5.74, 6) is 0. The summed E-state index contributed by atoms with van der Waals surface area (Å²) in [6.45, 7) is 3.79. The van der Waals surface area contributed by atoms with Gasteiger partial charge in [-0.05, 0) is 23.8 Å². The average molecular weight is 301 g/mol. The van der Waals surface area contributed by atoms with Gasteiger partial charge in [-0.1, -0.05) is 30.7 Å². The Morgan fingerprint density at radius 2 is 2.00 bits per heavy atom. The first-order valence-corrected chi connectivity index (χ1v) is 8.07. The second kappa shape index (κ2) is 6.05. The largest absolute Gasteiger partial charge is 0.313 e. The molecule has 1 fully saturated rings. The molecule has 104 valence electrons. The molecule has 0 aliphatic carbocycles. The number of rotatable bonds is 5. The topological polar surface area (TPSA) is 49.4 Å². The average Bonchev–Trinajstić information content (AvgIpc) is 2.32. The molecule has 0 unspecified atom stereocenters. The molecule has 0 spiro atoms. The molecule has 1 aliphatic rings. The zero-order chi connectivity index (χ0) is 13.9. The molecule has 19 heavy (non-hydrogen) atoms. The van der Waals surface area contributed by atoms with Gasteiger partial charge in [0.05, 0.1) is 0 Å². The lowest BCUT2D eigenvalue weighted by molar-refractivity contribution is 0.252. The van der Waals surface area contributed by atoms with E-state index >= 15 is 0 Å². The molecule has 1 saturated heterocycles. The Labute approximate surface area is 119 Å². The molecule has 1 aromatic carbocycles. The summed E-state index contributed by atoms with van der Waals surface area (Å²) in [4.78, 5) is 0. The van der Waals surface area contributed by atoms with Crippen molar-refractivity contribution >= 4 is 27.7 Å². The SMILES string of the molecule is CCN(C1CNC1)S(=O)(=O)C=Cc1ccc(Cl)cc1. The molecule has 1 N–H and O–H groups in total. The molecule has 1 aliphatic heterocycles. The number of hydrogen-bond acceptors (Lipinski definition) is 3. The van der Waals surface area contributed by atoms with Crippen LogP contribution in [0.3, 0.4) is 0 Å². The predicted octanol–water partition coefficient (Wildman–Crippen LogP) is 1.93. The van der Waals surface area contributed by atoms with Crippen LogP contribution in [-0.2, 0) is 10.0 Å². The third kappa shape index (κ3) is 3.57. The fourth-order valence-corrected chi connectivity index (χ4v) is 3.48. The summed E-state index contributed by atoms with van der Waals surface area (Å²) in [5.41, 5.74) is 0.816. The molecule has 2 rings (SSSR count). The Balaban J connectivity index is 2.13. The van der Waals surface area contributed by atoms with E-state index in [0.29, 0.717) is 11.6 Å². The van der Waals surface area contributed by atoms with Gasteiger partial charge >= 0.3 is 0 Å². The van der Waals surface area contributed by atoms with Crippen molar-refractivity contribution in [2.24, 2.45) is 0 Å². The number of nitrogens with zero attached hydrogens (tertiary/aromatic N) is 1. The third-order valence-electron chi connectivity index (χ3n) is 3.11. The van der Waals surface area contributed by atoms with Gasteiger partial charge < -0.3 is 5.32 Å². The molecule has 0 atom stereocenters. The number of halogens is 1. The van der Waals surface area contributed by atoms with Crippen molar-refractivity contribution in [2.45, 2.75) is 13.0 Å². The van der Waals surface area contributed by atoms with Crippen LogP contribution in [0.5, 0.6) is 0 Å². The van der Waals surface area contributed by atoms with E-state index in [1.807, 2.05) is 6.92 Å². The van der Waals surface area contributed by atoms with Crippen molar-refractivity contribution in [3.63, 3.8) is 0 Å². The van der Waals surface area contributed by atoms with E-state index in [4.69, 9.17) is 11.6 Å². The Morgan fingerprint density at radius 1 is 1.37 bits per heavy atom. The van der Waals surface area contributed by atoms with Crippen LogP contribution in [0.25, 0.3) is 6.08 Å². The van der Waals surface area contributed by atoms with E-state index in [1.54, 1.807) is 30.3 Å². The minimum absolute atomic E-state index is 0.0740. The normalized spacial score (nSPS) is 17.0. The van der Waals surface area contributed by atoms with E-state index < -0.39 is 10.0 Å². The summed E-state index contributed by atoms with van der Waals surface area (Å²) in [7, 11) is -3.36. The number of likely N-dealkylation sites (N-methyl/N-ethyl adjacent to an activating group) is 1. The fraction of sp³-hybridized carbons (Fsp3) is 0.385. The maximum absolute atomic E-state index is 12.2. The molecule has 1 aromatic rings. The van der Waals surface area contributed by atoms with Crippen molar-refractivity contribution in [2.75, 3.05) is 19.6 Å². The highest BCUT2D eigenvalue weighted by Gasteiger charge is 2.30. The smallest absolute Gasteiger partial charge is 0.236 e. The number of sulfonamides is 1. The van der Waals surface area contributed by atoms with Crippen LogP contribution in [0.2, 0.25) is 5.02 Å². The van der Waals surface area contributed by atoms with Gasteiger partial charge in [0.25, 0.3) is 0 Å². The molecule has 1 heterocycles. The monoisotopic (exact) mass is 300 g/mol. The first-order valence-electron chi connectivity index (χ1n) is 6.19. The molecular formula is C13H17ClN2O2S. The third-order valence-corrected chi connectivity index (χ3v) is 5.05. The molecule has 4 nitrogen and oxygen atoms in total. The quantitative estimate of drug-likeness (QED) is 0.904. The van der Waals surface area contributed by atoms with Crippen molar-refractivity contribution in [1.82, 2.24) is 9.62 Å². The van der Waals surface area contributed by atoms with Gasteiger partial charge in [-0.25, -0.2) is 8.42 Å². The van der Waals surface area contributed by atoms with Gasteiger partial charge in [0, 0.05) is 36.1 Å². The van der Waals surface area contributed by atoms with Gasteiger partial charge in [0.2, 0.25) is 10.0 Å². The van der Waals surface area contributed by atoms with Crippen molar-refractivity contribution in [1.29, 1.82) is 0 Å². The number of hydrogen-bond donors (Lipinski definition) is 1. The maximum atomic E-state index is 12.2. The Kier molecular flexibility index (Phi) is 4.62. The Morgan fingerprint density at radius 3 is 2.47 bits per heavy atom. The highest BCUT2D eigenvalue weighted by atomic mass is 35.5. The molecule has 0 aromatic heterocycles. The van der Waals surface area contributed by atoms with Crippen LogP contribution in [-0.4, -0.2) is 38.4 Å². The fourth-order valence-electron chi connectivity index (χ4n) is 1.94. The van der Waals surface area contributed by atoms with Gasteiger partial charge in [0.1, 0.15) is 0 Å². The van der Waals surface area contributed by atoms with Crippen LogP contribution < -0.4 is 5.32 Å². The summed E-state index contributed by atoms with van der Waals surface area (Å²) in [6.07, 6.45) is 1.60. The van der Waals surface area contributed by atoms with Crippen LogP contribution in [0.1, 0.15) is 12.5 Å². The van der Waals surface area contributed by atoms with Crippen molar-refractivity contribution < 1.29 is 8.42 Å². The van der Waals surface area contributed by atoms with Crippen molar-refractivity contribution in [3.8, 4) is 0 Å². The molecular weight excluding hydrogens is 284 g/mol. The van der Waals surface area contributed by atoms with E-state index in [0.717, 1.165) is 18.7 Å². The van der Waals surface area contributed by atoms with Gasteiger partial charge in [-0.15, -0.1) is 0 Å².